The second-order valence-electron chi connectivity index (χ2n) is 8.32. The monoisotopic (exact) mass is 467 g/mol. The molecular weight excluding hydrogens is 442 g/mol. The van der Waals surface area contributed by atoms with Crippen LogP contribution in [0.1, 0.15) is 22.3 Å². The lowest BCUT2D eigenvalue weighted by Gasteiger charge is -2.19. The van der Waals surface area contributed by atoms with Crippen LogP contribution in [0.15, 0.2) is 83.4 Å². The van der Waals surface area contributed by atoms with Gasteiger partial charge in [-0.2, -0.15) is 5.26 Å². The first kappa shape index (κ1) is 23.3. The van der Waals surface area contributed by atoms with Crippen molar-refractivity contribution in [1.29, 1.82) is 5.26 Å². The minimum Gasteiger partial charge on any atom is -0.321 e. The Hall–Kier alpha value is -3.82. The Kier molecular flexibility index (Phi) is 6.85. The first-order valence-corrected chi connectivity index (χ1v) is 11.9. The van der Waals surface area contributed by atoms with Crippen molar-refractivity contribution in [2.75, 3.05) is 10.2 Å². The Labute approximate surface area is 204 Å². The van der Waals surface area contributed by atoms with E-state index in [9.17, 15) is 14.9 Å². The Morgan fingerprint density at radius 1 is 0.971 bits per heavy atom. The molecule has 1 heterocycles. The number of carbonyl (C=O) groups is 2. The topological polar surface area (TPSA) is 73.2 Å². The maximum atomic E-state index is 13.5. The number of hydrogen-bond donors (Lipinski definition) is 1. The molecule has 1 aliphatic rings. The summed E-state index contributed by atoms with van der Waals surface area (Å²) in [5, 5.41) is 12.8. The van der Waals surface area contributed by atoms with Crippen molar-refractivity contribution in [3.05, 3.63) is 106 Å². The summed E-state index contributed by atoms with van der Waals surface area (Å²) in [5.41, 5.74) is 5.23. The van der Waals surface area contributed by atoms with E-state index >= 15 is 0 Å². The fraction of sp³-hybridized carbons (Fsp3) is 0.179. The van der Waals surface area contributed by atoms with E-state index in [1.165, 1.54) is 16.7 Å². The summed E-state index contributed by atoms with van der Waals surface area (Å²) in [5.74, 6) is -0.661. The second-order valence-corrected chi connectivity index (χ2v) is 9.51. The predicted octanol–water partition coefficient (Wildman–Crippen LogP) is 5.68. The molecule has 5 nitrogen and oxygen atoms in total. The zero-order valence-corrected chi connectivity index (χ0v) is 20.1. The number of para-hydroxylation sites is 2. The summed E-state index contributed by atoms with van der Waals surface area (Å²) >= 11 is 1.27. The molecule has 0 bridgehead atoms. The van der Waals surface area contributed by atoms with Gasteiger partial charge in [-0.15, -0.1) is 0 Å². The van der Waals surface area contributed by atoms with E-state index in [0.29, 0.717) is 22.8 Å². The lowest BCUT2D eigenvalue weighted by atomic mass is 10.1. The average molecular weight is 468 g/mol. The highest BCUT2D eigenvalue weighted by Gasteiger charge is 2.40. The fourth-order valence-electron chi connectivity index (χ4n) is 3.92. The van der Waals surface area contributed by atoms with Crippen molar-refractivity contribution in [2.45, 2.75) is 32.4 Å². The molecule has 1 fully saturated rings. The normalized spacial score (nSPS) is 16.8. The second kappa shape index (κ2) is 9.98. The van der Waals surface area contributed by atoms with Crippen molar-refractivity contribution in [3.63, 3.8) is 0 Å². The van der Waals surface area contributed by atoms with Crippen LogP contribution in [0.25, 0.3) is 0 Å². The molecule has 2 amide bonds. The van der Waals surface area contributed by atoms with Gasteiger partial charge < -0.3 is 5.32 Å². The molecule has 0 saturated carbocycles. The Bertz CT molecular complexity index is 1290. The fourth-order valence-corrected chi connectivity index (χ4v) is 5.23. The van der Waals surface area contributed by atoms with E-state index in [1.807, 2.05) is 93.6 Å². The predicted molar refractivity (Wildman–Crippen MR) is 137 cm³/mol. The van der Waals surface area contributed by atoms with Gasteiger partial charge in [-0.3, -0.25) is 14.5 Å². The smallest absolute Gasteiger partial charge is 0.269 e. The molecule has 0 spiro atoms. The van der Waals surface area contributed by atoms with Crippen LogP contribution in [0.5, 0.6) is 0 Å². The Morgan fingerprint density at radius 3 is 2.24 bits per heavy atom. The molecule has 1 saturated heterocycles. The van der Waals surface area contributed by atoms with Crippen LogP contribution in [0, 0.1) is 32.1 Å². The van der Waals surface area contributed by atoms with Crippen LogP contribution in [-0.2, 0) is 16.0 Å². The lowest BCUT2D eigenvalue weighted by Crippen LogP contribution is -2.31. The summed E-state index contributed by atoms with van der Waals surface area (Å²) in [7, 11) is 0. The molecule has 3 aromatic carbocycles. The Morgan fingerprint density at radius 2 is 1.62 bits per heavy atom. The van der Waals surface area contributed by atoms with E-state index in [0.717, 1.165) is 22.3 Å². The van der Waals surface area contributed by atoms with E-state index in [4.69, 9.17) is 0 Å². The first-order valence-electron chi connectivity index (χ1n) is 11.0. The molecule has 0 aliphatic carbocycles. The van der Waals surface area contributed by atoms with Crippen LogP contribution in [0.2, 0.25) is 0 Å². The van der Waals surface area contributed by atoms with Crippen LogP contribution < -0.4 is 10.2 Å². The largest absolute Gasteiger partial charge is 0.321 e. The number of rotatable bonds is 5. The van der Waals surface area contributed by atoms with Crippen molar-refractivity contribution in [3.8, 4) is 6.07 Å². The number of nitrogens with zero attached hydrogens (tertiary/aromatic N) is 2. The molecule has 34 heavy (non-hydrogen) atoms. The van der Waals surface area contributed by atoms with Crippen LogP contribution >= 0.6 is 11.8 Å². The van der Waals surface area contributed by atoms with Crippen molar-refractivity contribution >= 4 is 35.0 Å². The van der Waals surface area contributed by atoms with Gasteiger partial charge in [0.05, 0.1) is 5.25 Å². The number of aryl methyl sites for hydroxylation is 3. The molecule has 1 aliphatic heterocycles. The average Bonchev–Trinajstić information content (AvgIpc) is 3.14. The molecule has 0 radical (unpaired) electrons. The molecule has 6 heteroatoms. The van der Waals surface area contributed by atoms with E-state index in [1.54, 1.807) is 0 Å². The maximum Gasteiger partial charge on any atom is 0.269 e. The third-order valence-corrected chi connectivity index (χ3v) is 7.04. The number of nitrogens with one attached hydrogen (secondary N) is 1. The van der Waals surface area contributed by atoms with E-state index in [-0.39, 0.29) is 11.5 Å². The van der Waals surface area contributed by atoms with E-state index in [2.05, 4.69) is 11.4 Å². The van der Waals surface area contributed by atoms with Gasteiger partial charge in [-0.05, 0) is 56.0 Å². The molecule has 170 valence electrons. The molecule has 3 aromatic rings. The van der Waals surface area contributed by atoms with E-state index < -0.39 is 11.2 Å². The van der Waals surface area contributed by atoms with Crippen molar-refractivity contribution in [2.24, 2.45) is 0 Å². The molecule has 4 rings (SSSR count). The standard InChI is InChI=1S/C28H25N3O2S/c1-18-12-14-21(15-13-18)16-24-27(33)31(22-10-5-4-6-11-22)28(34-24)23(17-29)26(32)30-25-19(2)8-7-9-20(25)3/h4-15,24H,16H2,1-3H3,(H,30,32)/b28-23-. The molecule has 1 N–H and O–H groups in total. The summed E-state index contributed by atoms with van der Waals surface area (Å²) in [6.45, 7) is 5.83. The summed E-state index contributed by atoms with van der Waals surface area (Å²) in [6.07, 6.45) is 0.508. The minimum absolute atomic E-state index is 0.0729. The van der Waals surface area contributed by atoms with Gasteiger partial charge >= 0.3 is 0 Å². The van der Waals surface area contributed by atoms with Gasteiger partial charge in [0.1, 0.15) is 16.7 Å². The van der Waals surface area contributed by atoms with Crippen LogP contribution in [0.3, 0.4) is 0 Å². The third-order valence-electron chi connectivity index (χ3n) is 5.78. The number of thioether (sulfide) groups is 1. The highest BCUT2D eigenvalue weighted by atomic mass is 32.2. The van der Waals surface area contributed by atoms with Crippen LogP contribution in [0.4, 0.5) is 11.4 Å². The van der Waals surface area contributed by atoms with Gasteiger partial charge in [0.15, 0.2) is 0 Å². The SMILES string of the molecule is Cc1ccc(CC2S/C(=C(/C#N)C(=O)Nc3c(C)cccc3C)N(c3ccccc3)C2=O)cc1. The minimum atomic E-state index is -0.521. The first-order chi connectivity index (χ1) is 16.4. The summed E-state index contributed by atoms with van der Waals surface area (Å²) < 4.78 is 0. The number of hydrogen-bond acceptors (Lipinski definition) is 4. The number of benzene rings is 3. The maximum absolute atomic E-state index is 13.5. The lowest BCUT2D eigenvalue weighted by molar-refractivity contribution is -0.117. The number of amides is 2. The molecule has 0 aromatic heterocycles. The van der Waals surface area contributed by atoms with Gasteiger partial charge in [0, 0.05) is 11.4 Å². The summed E-state index contributed by atoms with van der Waals surface area (Å²) in [6, 6.07) is 25.0. The van der Waals surface area contributed by atoms with Crippen molar-refractivity contribution < 1.29 is 9.59 Å². The summed E-state index contributed by atoms with van der Waals surface area (Å²) in [4.78, 5) is 28.3. The molecule has 1 atom stereocenters. The molecular formula is C28H25N3O2S. The number of nitriles is 1. The zero-order valence-electron chi connectivity index (χ0n) is 19.3. The third kappa shape index (κ3) is 4.75. The highest BCUT2D eigenvalue weighted by molar-refractivity contribution is 8.05. The highest BCUT2D eigenvalue weighted by Crippen LogP contribution is 2.42. The van der Waals surface area contributed by atoms with Gasteiger partial charge in [-0.1, -0.05) is 78.0 Å². The van der Waals surface area contributed by atoms with Gasteiger partial charge in [-0.25, -0.2) is 0 Å². The zero-order chi connectivity index (χ0) is 24.2. The quantitative estimate of drug-likeness (QED) is 0.387. The number of carbonyl (C=O) groups excluding carboxylic acids is 2. The van der Waals surface area contributed by atoms with Gasteiger partial charge in [0.25, 0.3) is 5.91 Å². The van der Waals surface area contributed by atoms with Crippen LogP contribution in [-0.4, -0.2) is 17.1 Å². The van der Waals surface area contributed by atoms with Crippen molar-refractivity contribution in [1.82, 2.24) is 0 Å². The number of anilines is 2. The van der Waals surface area contributed by atoms with Gasteiger partial charge in [0.2, 0.25) is 5.91 Å². The Balaban J connectivity index is 1.73. The molecule has 1 unspecified atom stereocenters.